The van der Waals surface area contributed by atoms with Crippen LogP contribution in [0.3, 0.4) is 0 Å². The Hall–Kier alpha value is -3.89. The number of methoxy groups -OCH3 is 3. The van der Waals surface area contributed by atoms with E-state index < -0.39 is 5.97 Å². The molecule has 0 amide bonds. The van der Waals surface area contributed by atoms with Crippen molar-refractivity contribution in [1.82, 2.24) is 9.55 Å². The van der Waals surface area contributed by atoms with Crippen LogP contribution in [0, 0.1) is 0 Å². The number of hydrogen-bond acceptors (Lipinski definition) is 8. The Morgan fingerprint density at radius 3 is 2.37 bits per heavy atom. The molecule has 0 aliphatic carbocycles. The van der Waals surface area contributed by atoms with Crippen molar-refractivity contribution < 1.29 is 23.7 Å². The normalized spacial score (nSPS) is 11.1. The standard InChI is InChI=1S/C28H23BrN2O6S/c1-15(32)37-19-12-8-11-17-21-27(38-25(17)19)30-26(31(28(21)33)14-16-9-6-5-7-10-16)18-13-20(34-2)23(35-3)24(36-4)22(18)29/h5-13H,14H2,1-4H3. The molecular formula is C28H23BrN2O6S. The second-order valence-electron chi connectivity index (χ2n) is 8.33. The largest absolute Gasteiger partial charge is 0.493 e. The third-order valence-corrected chi connectivity index (χ3v) is 7.93. The molecule has 0 fully saturated rings. The first kappa shape index (κ1) is 25.7. The Morgan fingerprint density at radius 2 is 1.71 bits per heavy atom. The van der Waals surface area contributed by atoms with Gasteiger partial charge in [-0.3, -0.25) is 14.2 Å². The monoisotopic (exact) mass is 594 g/mol. The minimum atomic E-state index is -0.438. The molecule has 0 N–H and O–H groups in total. The van der Waals surface area contributed by atoms with Crippen LogP contribution < -0.4 is 24.5 Å². The van der Waals surface area contributed by atoms with Gasteiger partial charge in [0, 0.05) is 17.9 Å². The summed E-state index contributed by atoms with van der Waals surface area (Å²) in [7, 11) is 4.59. The quantitative estimate of drug-likeness (QED) is 0.168. The number of aromatic nitrogens is 2. The fourth-order valence-corrected chi connectivity index (χ4v) is 6.14. The van der Waals surface area contributed by atoms with Crippen LogP contribution in [0.1, 0.15) is 12.5 Å². The number of fused-ring (bicyclic) bond motifs is 3. The van der Waals surface area contributed by atoms with Crippen LogP contribution in [0.25, 0.3) is 31.7 Å². The summed E-state index contributed by atoms with van der Waals surface area (Å²) in [6.45, 7) is 1.62. The second-order valence-corrected chi connectivity index (χ2v) is 10.1. The predicted octanol–water partition coefficient (Wildman–Crippen LogP) is 6.04. The zero-order valence-electron chi connectivity index (χ0n) is 21.0. The van der Waals surface area contributed by atoms with E-state index in [2.05, 4.69) is 15.9 Å². The van der Waals surface area contributed by atoms with Crippen LogP contribution in [-0.4, -0.2) is 36.8 Å². The minimum absolute atomic E-state index is 0.222. The van der Waals surface area contributed by atoms with Crippen LogP contribution in [0.15, 0.2) is 63.9 Å². The van der Waals surface area contributed by atoms with Crippen LogP contribution in [0.4, 0.5) is 0 Å². The number of rotatable bonds is 7. The fourth-order valence-electron chi connectivity index (χ4n) is 4.39. The second kappa shape index (κ2) is 10.5. The zero-order chi connectivity index (χ0) is 27.0. The van der Waals surface area contributed by atoms with E-state index in [1.54, 1.807) is 22.8 Å². The predicted molar refractivity (Wildman–Crippen MR) is 151 cm³/mol. The van der Waals surface area contributed by atoms with E-state index in [-0.39, 0.29) is 12.1 Å². The highest BCUT2D eigenvalue weighted by Gasteiger charge is 2.25. The molecule has 194 valence electrons. The van der Waals surface area contributed by atoms with Crippen molar-refractivity contribution in [3.05, 3.63) is 75.0 Å². The number of thiophene rings is 1. The summed E-state index contributed by atoms with van der Waals surface area (Å²) >= 11 is 4.94. The van der Waals surface area contributed by atoms with Gasteiger partial charge in [-0.15, -0.1) is 11.3 Å². The van der Waals surface area contributed by atoms with Gasteiger partial charge in [0.1, 0.15) is 16.4 Å². The number of halogens is 1. The first-order valence-corrected chi connectivity index (χ1v) is 13.2. The number of benzene rings is 3. The molecule has 0 saturated carbocycles. The van der Waals surface area contributed by atoms with Crippen molar-refractivity contribution in [1.29, 1.82) is 0 Å². The summed E-state index contributed by atoms with van der Waals surface area (Å²) in [6, 6.07) is 16.7. The third-order valence-electron chi connectivity index (χ3n) is 6.03. The van der Waals surface area contributed by atoms with Gasteiger partial charge < -0.3 is 18.9 Å². The Kier molecular flexibility index (Phi) is 7.09. The van der Waals surface area contributed by atoms with E-state index in [0.29, 0.717) is 59.2 Å². The van der Waals surface area contributed by atoms with E-state index in [0.717, 1.165) is 5.56 Å². The van der Waals surface area contributed by atoms with E-state index >= 15 is 0 Å². The average Bonchev–Trinajstić information content (AvgIpc) is 3.30. The number of carbonyl (C=O) groups is 1. The molecule has 10 heteroatoms. The Labute approximate surface area is 230 Å². The molecule has 5 rings (SSSR count). The molecule has 0 atom stereocenters. The lowest BCUT2D eigenvalue weighted by Crippen LogP contribution is -2.24. The minimum Gasteiger partial charge on any atom is -0.493 e. The van der Waals surface area contributed by atoms with Gasteiger partial charge in [0.25, 0.3) is 5.56 Å². The third kappa shape index (κ3) is 4.39. The van der Waals surface area contributed by atoms with Crippen molar-refractivity contribution in [2.45, 2.75) is 13.5 Å². The molecule has 3 aromatic carbocycles. The van der Waals surface area contributed by atoms with Crippen LogP contribution in [-0.2, 0) is 11.3 Å². The van der Waals surface area contributed by atoms with Gasteiger partial charge in [0.15, 0.2) is 11.5 Å². The summed E-state index contributed by atoms with van der Waals surface area (Å²) in [5, 5.41) is 1.14. The lowest BCUT2D eigenvalue weighted by molar-refractivity contribution is -0.131. The molecule has 0 aliphatic heterocycles. The highest BCUT2D eigenvalue weighted by Crippen LogP contribution is 2.48. The SMILES string of the molecule is COc1cc(-c2nc3sc4c(OC(C)=O)cccc4c3c(=O)n2Cc2ccccc2)c(Br)c(OC)c1OC. The van der Waals surface area contributed by atoms with Gasteiger partial charge in [0.05, 0.1) is 42.4 Å². The number of esters is 1. The molecule has 0 spiro atoms. The van der Waals surface area contributed by atoms with E-state index in [4.69, 9.17) is 23.9 Å². The molecule has 8 nitrogen and oxygen atoms in total. The van der Waals surface area contributed by atoms with E-state index in [9.17, 15) is 9.59 Å². The fraction of sp³-hybridized carbons (Fsp3) is 0.179. The summed E-state index contributed by atoms with van der Waals surface area (Å²) in [6.07, 6.45) is 0. The van der Waals surface area contributed by atoms with Crippen LogP contribution in [0.5, 0.6) is 23.0 Å². The van der Waals surface area contributed by atoms with Crippen molar-refractivity contribution in [2.75, 3.05) is 21.3 Å². The van der Waals surface area contributed by atoms with Crippen molar-refractivity contribution in [2.24, 2.45) is 0 Å². The highest BCUT2D eigenvalue weighted by molar-refractivity contribution is 9.10. The number of ether oxygens (including phenoxy) is 4. The first-order chi connectivity index (χ1) is 18.4. The molecule has 2 aromatic heterocycles. The molecule has 2 heterocycles. The zero-order valence-corrected chi connectivity index (χ0v) is 23.4. The Bertz CT molecular complexity index is 1750. The molecule has 0 bridgehead atoms. The Balaban J connectivity index is 1.87. The maximum atomic E-state index is 14.2. The lowest BCUT2D eigenvalue weighted by atomic mass is 10.1. The smallest absolute Gasteiger partial charge is 0.308 e. The Morgan fingerprint density at radius 1 is 0.974 bits per heavy atom. The van der Waals surface area contributed by atoms with Gasteiger partial charge in [-0.05, 0) is 33.6 Å². The maximum Gasteiger partial charge on any atom is 0.308 e. The average molecular weight is 595 g/mol. The number of carbonyl (C=O) groups excluding carboxylic acids is 1. The number of nitrogens with zero attached hydrogens (tertiary/aromatic N) is 2. The topological polar surface area (TPSA) is 88.9 Å². The van der Waals surface area contributed by atoms with Gasteiger partial charge in [-0.25, -0.2) is 4.98 Å². The highest BCUT2D eigenvalue weighted by atomic mass is 79.9. The molecule has 0 saturated heterocycles. The van der Waals surface area contributed by atoms with E-state index in [1.807, 2.05) is 36.4 Å². The molecular weight excluding hydrogens is 572 g/mol. The molecule has 0 radical (unpaired) electrons. The van der Waals surface area contributed by atoms with Crippen LogP contribution in [0.2, 0.25) is 0 Å². The summed E-state index contributed by atoms with van der Waals surface area (Å²) in [4.78, 5) is 31.4. The molecule has 0 unspecified atom stereocenters. The molecule has 0 aliphatic rings. The maximum absolute atomic E-state index is 14.2. The lowest BCUT2D eigenvalue weighted by Gasteiger charge is -2.19. The van der Waals surface area contributed by atoms with Crippen molar-refractivity contribution in [3.8, 4) is 34.4 Å². The van der Waals surface area contributed by atoms with Gasteiger partial charge >= 0.3 is 5.97 Å². The first-order valence-electron chi connectivity index (χ1n) is 11.5. The van der Waals surface area contributed by atoms with Crippen molar-refractivity contribution >= 4 is 53.5 Å². The van der Waals surface area contributed by atoms with Gasteiger partial charge in [0.2, 0.25) is 5.75 Å². The molecule has 38 heavy (non-hydrogen) atoms. The van der Waals surface area contributed by atoms with Crippen LogP contribution >= 0.6 is 27.3 Å². The van der Waals surface area contributed by atoms with E-state index in [1.165, 1.54) is 39.6 Å². The molecule has 5 aromatic rings. The van der Waals surface area contributed by atoms with Crippen molar-refractivity contribution in [3.63, 3.8) is 0 Å². The summed E-state index contributed by atoms with van der Waals surface area (Å²) < 4.78 is 25.0. The van der Waals surface area contributed by atoms with Gasteiger partial charge in [-0.2, -0.15) is 0 Å². The van der Waals surface area contributed by atoms with Gasteiger partial charge in [-0.1, -0.05) is 42.5 Å². The summed E-state index contributed by atoms with van der Waals surface area (Å²) in [5.41, 5.74) is 1.30. The number of hydrogen-bond donors (Lipinski definition) is 0. The summed E-state index contributed by atoms with van der Waals surface area (Å²) in [5.74, 6) is 1.62.